The number of carbonyl (C=O) groups excluding carboxylic acids is 2. The Kier molecular flexibility index (Phi) is 4.97. The number of hydrogen-bond acceptors (Lipinski definition) is 4. The Morgan fingerprint density at radius 3 is 2.90 bits per heavy atom. The van der Waals surface area contributed by atoms with Crippen LogP contribution in [-0.4, -0.2) is 47.4 Å². The van der Waals surface area contributed by atoms with Gasteiger partial charge in [-0.25, -0.2) is 0 Å². The van der Waals surface area contributed by atoms with Gasteiger partial charge in [-0.1, -0.05) is 0 Å². The molecule has 1 fully saturated rings. The van der Waals surface area contributed by atoms with E-state index in [1.54, 1.807) is 11.0 Å². The van der Waals surface area contributed by atoms with Gasteiger partial charge in [0.25, 0.3) is 5.91 Å². The number of nitrogens with zero attached hydrogens (tertiary/aromatic N) is 1. The van der Waals surface area contributed by atoms with Crippen molar-refractivity contribution in [3.8, 4) is 0 Å². The van der Waals surface area contributed by atoms with Crippen molar-refractivity contribution in [3.05, 3.63) is 24.2 Å². The third-order valence-corrected chi connectivity index (χ3v) is 3.51. The van der Waals surface area contributed by atoms with Gasteiger partial charge in [0, 0.05) is 32.5 Å². The number of aliphatic carboxylic acids is 1. The fraction of sp³-hybridized carbons (Fsp3) is 0.500. The largest absolute Gasteiger partial charge is 0.481 e. The van der Waals surface area contributed by atoms with Crippen molar-refractivity contribution in [2.45, 2.75) is 19.3 Å². The maximum Gasteiger partial charge on any atom is 0.303 e. The summed E-state index contributed by atoms with van der Waals surface area (Å²) in [7, 11) is 0. The molecule has 1 aliphatic rings. The lowest BCUT2D eigenvalue weighted by atomic mass is 10.1. The van der Waals surface area contributed by atoms with E-state index in [1.807, 2.05) is 0 Å². The predicted octanol–water partition coefficient (Wildman–Crippen LogP) is 0.723. The molecule has 0 spiro atoms. The molecular formula is C14H18N2O5. The molecule has 1 saturated heterocycles. The summed E-state index contributed by atoms with van der Waals surface area (Å²) in [6.45, 7) is 1.33. The van der Waals surface area contributed by atoms with E-state index in [4.69, 9.17) is 9.52 Å². The number of rotatable bonds is 6. The van der Waals surface area contributed by atoms with Gasteiger partial charge in [-0.3, -0.25) is 14.4 Å². The molecule has 2 heterocycles. The maximum absolute atomic E-state index is 12.0. The van der Waals surface area contributed by atoms with Gasteiger partial charge in [0.1, 0.15) is 6.26 Å². The molecule has 21 heavy (non-hydrogen) atoms. The van der Waals surface area contributed by atoms with Crippen LogP contribution in [-0.2, 0) is 9.59 Å². The number of carboxylic acids is 1. The molecule has 2 amide bonds. The minimum Gasteiger partial charge on any atom is -0.481 e. The second-order valence-electron chi connectivity index (χ2n) is 5.11. The Morgan fingerprint density at radius 1 is 1.43 bits per heavy atom. The van der Waals surface area contributed by atoms with Crippen molar-refractivity contribution >= 4 is 17.8 Å². The average molecular weight is 294 g/mol. The highest BCUT2D eigenvalue weighted by atomic mass is 16.4. The number of likely N-dealkylation sites (tertiary alicyclic amines) is 1. The van der Waals surface area contributed by atoms with Gasteiger partial charge in [-0.05, 0) is 18.4 Å². The molecule has 0 saturated carbocycles. The fourth-order valence-corrected chi connectivity index (χ4v) is 2.41. The second-order valence-corrected chi connectivity index (χ2v) is 5.11. The predicted molar refractivity (Wildman–Crippen MR) is 72.6 cm³/mol. The second kappa shape index (κ2) is 6.92. The zero-order valence-electron chi connectivity index (χ0n) is 11.6. The summed E-state index contributed by atoms with van der Waals surface area (Å²) in [6, 6.07) is 1.55. The van der Waals surface area contributed by atoms with Crippen LogP contribution in [0.4, 0.5) is 0 Å². The molecule has 0 bridgehead atoms. The van der Waals surface area contributed by atoms with Crippen molar-refractivity contribution in [1.82, 2.24) is 10.2 Å². The first-order valence-electron chi connectivity index (χ1n) is 6.86. The molecule has 2 N–H and O–H groups in total. The maximum atomic E-state index is 12.0. The van der Waals surface area contributed by atoms with E-state index in [-0.39, 0.29) is 37.1 Å². The van der Waals surface area contributed by atoms with Gasteiger partial charge in [-0.2, -0.15) is 0 Å². The summed E-state index contributed by atoms with van der Waals surface area (Å²) in [6.07, 6.45) is 3.78. The van der Waals surface area contributed by atoms with Crippen molar-refractivity contribution in [3.63, 3.8) is 0 Å². The lowest BCUT2D eigenvalue weighted by Gasteiger charge is -2.16. The van der Waals surface area contributed by atoms with E-state index < -0.39 is 5.97 Å². The van der Waals surface area contributed by atoms with Crippen LogP contribution in [0.5, 0.6) is 0 Å². The first-order valence-corrected chi connectivity index (χ1v) is 6.86. The topological polar surface area (TPSA) is 99.9 Å². The Bertz CT molecular complexity index is 511. The quantitative estimate of drug-likeness (QED) is 0.805. The third kappa shape index (κ3) is 4.34. The number of furan rings is 1. The Labute approximate surface area is 121 Å². The monoisotopic (exact) mass is 294 g/mol. The molecule has 0 radical (unpaired) electrons. The van der Waals surface area contributed by atoms with Crippen molar-refractivity contribution in [1.29, 1.82) is 0 Å². The zero-order valence-corrected chi connectivity index (χ0v) is 11.6. The van der Waals surface area contributed by atoms with Gasteiger partial charge in [-0.15, -0.1) is 0 Å². The molecule has 1 aromatic heterocycles. The molecule has 1 aliphatic heterocycles. The zero-order chi connectivity index (χ0) is 15.2. The van der Waals surface area contributed by atoms with Crippen LogP contribution in [0.15, 0.2) is 23.0 Å². The Hall–Kier alpha value is -2.31. The summed E-state index contributed by atoms with van der Waals surface area (Å²) < 4.78 is 4.80. The molecule has 0 aliphatic carbocycles. The highest BCUT2D eigenvalue weighted by Gasteiger charge is 2.27. The molecular weight excluding hydrogens is 276 g/mol. The average Bonchev–Trinajstić information content (AvgIpc) is 3.08. The van der Waals surface area contributed by atoms with Crippen LogP contribution >= 0.6 is 0 Å². The fourth-order valence-electron chi connectivity index (χ4n) is 2.41. The number of carboxylic acid groups (broad SMARTS) is 1. The van der Waals surface area contributed by atoms with Gasteiger partial charge in [0.2, 0.25) is 5.91 Å². The van der Waals surface area contributed by atoms with Gasteiger partial charge in [0.05, 0.1) is 11.8 Å². The Morgan fingerprint density at radius 2 is 2.24 bits per heavy atom. The van der Waals surface area contributed by atoms with Crippen molar-refractivity contribution < 1.29 is 23.9 Å². The first kappa shape index (κ1) is 15.1. The first-order chi connectivity index (χ1) is 10.1. The molecule has 1 atom stereocenters. The summed E-state index contributed by atoms with van der Waals surface area (Å²) in [5, 5.41) is 11.4. The van der Waals surface area contributed by atoms with Gasteiger partial charge in [0.15, 0.2) is 0 Å². The molecule has 1 unspecified atom stereocenters. The Balaban J connectivity index is 1.68. The van der Waals surface area contributed by atoms with E-state index in [1.165, 1.54) is 12.5 Å². The van der Waals surface area contributed by atoms with E-state index in [0.29, 0.717) is 18.7 Å². The van der Waals surface area contributed by atoms with E-state index in [9.17, 15) is 14.4 Å². The minimum absolute atomic E-state index is 0.0342. The van der Waals surface area contributed by atoms with Crippen LogP contribution < -0.4 is 5.32 Å². The van der Waals surface area contributed by atoms with E-state index >= 15 is 0 Å². The summed E-state index contributed by atoms with van der Waals surface area (Å²) in [5.74, 6) is -1.13. The number of hydrogen-bond donors (Lipinski definition) is 2. The van der Waals surface area contributed by atoms with Gasteiger partial charge >= 0.3 is 5.97 Å². The summed E-state index contributed by atoms with van der Waals surface area (Å²) >= 11 is 0. The molecule has 7 heteroatoms. The minimum atomic E-state index is -0.832. The van der Waals surface area contributed by atoms with Crippen LogP contribution in [0.25, 0.3) is 0 Å². The van der Waals surface area contributed by atoms with E-state index in [0.717, 1.165) is 6.42 Å². The number of carbonyl (C=O) groups is 3. The van der Waals surface area contributed by atoms with Crippen LogP contribution in [0.2, 0.25) is 0 Å². The van der Waals surface area contributed by atoms with Crippen LogP contribution in [0.3, 0.4) is 0 Å². The van der Waals surface area contributed by atoms with Crippen LogP contribution in [0.1, 0.15) is 29.6 Å². The molecule has 7 nitrogen and oxygen atoms in total. The van der Waals surface area contributed by atoms with Crippen LogP contribution in [0, 0.1) is 5.92 Å². The van der Waals surface area contributed by atoms with E-state index in [2.05, 4.69) is 5.32 Å². The summed E-state index contributed by atoms with van der Waals surface area (Å²) in [5.41, 5.74) is 0.421. The normalized spacial score (nSPS) is 17.7. The summed E-state index contributed by atoms with van der Waals surface area (Å²) in [4.78, 5) is 35.9. The lowest BCUT2D eigenvalue weighted by Crippen LogP contribution is -2.33. The van der Waals surface area contributed by atoms with Gasteiger partial charge < -0.3 is 19.7 Å². The molecule has 0 aromatic carbocycles. The van der Waals surface area contributed by atoms with Crippen molar-refractivity contribution in [2.24, 2.45) is 5.92 Å². The molecule has 2 rings (SSSR count). The molecule has 1 aromatic rings. The smallest absolute Gasteiger partial charge is 0.303 e. The third-order valence-electron chi connectivity index (χ3n) is 3.51. The SMILES string of the molecule is O=C(O)CC1CCN(C(=O)CCNC(=O)c2ccoc2)C1. The standard InChI is InChI=1S/C14H18N2O5/c17-12(16-5-2-10(8-16)7-13(18)19)1-4-15-14(20)11-3-6-21-9-11/h3,6,9-10H,1-2,4-5,7-8H2,(H,15,20)(H,18,19). The number of amides is 2. The highest BCUT2D eigenvalue weighted by Crippen LogP contribution is 2.19. The molecule has 114 valence electrons. The number of nitrogens with one attached hydrogen (secondary N) is 1. The lowest BCUT2D eigenvalue weighted by molar-refractivity contribution is -0.138. The highest BCUT2D eigenvalue weighted by molar-refractivity contribution is 5.94. The van der Waals surface area contributed by atoms with Crippen molar-refractivity contribution in [2.75, 3.05) is 19.6 Å².